The predicted molar refractivity (Wildman–Crippen MR) is 131 cm³/mol. The SMILES string of the molecule is NC[C@@H](C(=O)NO)N(CCc1ccccc1)Cc1ccc(C#Cc2ccc(C(N)=O)cc2)cc1. The van der Waals surface area contributed by atoms with Crippen LogP contribution >= 0.6 is 0 Å². The second kappa shape index (κ2) is 12.3. The highest BCUT2D eigenvalue weighted by atomic mass is 16.5. The highest BCUT2D eigenvalue weighted by molar-refractivity contribution is 5.92. The Balaban J connectivity index is 1.71. The Kier molecular flexibility index (Phi) is 8.95. The van der Waals surface area contributed by atoms with E-state index < -0.39 is 17.9 Å². The second-order valence-corrected chi connectivity index (χ2v) is 7.82. The fourth-order valence-corrected chi connectivity index (χ4v) is 3.55. The molecule has 174 valence electrons. The van der Waals surface area contributed by atoms with Gasteiger partial charge in [-0.25, -0.2) is 5.48 Å². The normalized spacial score (nSPS) is 11.4. The molecule has 0 aliphatic carbocycles. The molecule has 3 rings (SSSR count). The van der Waals surface area contributed by atoms with Crippen molar-refractivity contribution >= 4 is 11.8 Å². The van der Waals surface area contributed by atoms with E-state index in [1.807, 2.05) is 59.5 Å². The highest BCUT2D eigenvalue weighted by Crippen LogP contribution is 2.12. The van der Waals surface area contributed by atoms with Gasteiger partial charge in [0.15, 0.2) is 0 Å². The van der Waals surface area contributed by atoms with E-state index in [1.165, 1.54) is 0 Å². The first-order valence-electron chi connectivity index (χ1n) is 10.9. The first-order valence-corrected chi connectivity index (χ1v) is 10.9. The third-order valence-corrected chi connectivity index (χ3v) is 5.47. The zero-order valence-electron chi connectivity index (χ0n) is 18.8. The molecule has 0 saturated heterocycles. The molecule has 1 atom stereocenters. The van der Waals surface area contributed by atoms with Crippen molar-refractivity contribution in [2.75, 3.05) is 13.1 Å². The summed E-state index contributed by atoms with van der Waals surface area (Å²) in [6.07, 6.45) is 0.744. The summed E-state index contributed by atoms with van der Waals surface area (Å²) in [5.74, 6) is 5.17. The Labute approximate surface area is 199 Å². The smallest absolute Gasteiger partial charge is 0.261 e. The van der Waals surface area contributed by atoms with Gasteiger partial charge in [-0.3, -0.25) is 19.7 Å². The first kappa shape index (κ1) is 24.7. The Morgan fingerprint density at radius 1 is 0.882 bits per heavy atom. The van der Waals surface area contributed by atoms with E-state index in [-0.39, 0.29) is 6.54 Å². The number of amides is 2. The molecule has 0 unspecified atom stereocenters. The van der Waals surface area contributed by atoms with Gasteiger partial charge in [-0.2, -0.15) is 0 Å². The summed E-state index contributed by atoms with van der Waals surface area (Å²) in [5.41, 5.74) is 17.1. The van der Waals surface area contributed by atoms with Crippen LogP contribution in [0.1, 0.15) is 32.6 Å². The van der Waals surface area contributed by atoms with Crippen molar-refractivity contribution in [3.8, 4) is 11.8 Å². The number of carbonyl (C=O) groups excluding carboxylic acids is 2. The van der Waals surface area contributed by atoms with Crippen LogP contribution in [0.3, 0.4) is 0 Å². The van der Waals surface area contributed by atoms with Gasteiger partial charge in [0.05, 0.1) is 0 Å². The summed E-state index contributed by atoms with van der Waals surface area (Å²) < 4.78 is 0. The molecule has 0 heterocycles. The Hall–Kier alpha value is -3.96. The highest BCUT2D eigenvalue weighted by Gasteiger charge is 2.24. The average molecular weight is 457 g/mol. The van der Waals surface area contributed by atoms with Gasteiger partial charge in [-0.05, 0) is 53.9 Å². The van der Waals surface area contributed by atoms with E-state index in [0.717, 1.165) is 28.7 Å². The minimum Gasteiger partial charge on any atom is -0.366 e. The molecule has 0 aliphatic rings. The van der Waals surface area contributed by atoms with E-state index in [9.17, 15) is 9.59 Å². The maximum absolute atomic E-state index is 12.2. The summed E-state index contributed by atoms with van der Waals surface area (Å²) in [6.45, 7) is 1.17. The largest absolute Gasteiger partial charge is 0.366 e. The summed E-state index contributed by atoms with van der Waals surface area (Å²) in [5, 5.41) is 9.15. The second-order valence-electron chi connectivity index (χ2n) is 7.82. The van der Waals surface area contributed by atoms with Crippen molar-refractivity contribution in [3.63, 3.8) is 0 Å². The Morgan fingerprint density at radius 2 is 1.47 bits per heavy atom. The van der Waals surface area contributed by atoms with Crippen molar-refractivity contribution in [3.05, 3.63) is 107 Å². The van der Waals surface area contributed by atoms with Gasteiger partial charge in [-0.1, -0.05) is 54.3 Å². The number of carbonyl (C=O) groups is 2. The van der Waals surface area contributed by atoms with Gasteiger partial charge in [-0.15, -0.1) is 0 Å². The molecule has 2 amide bonds. The molecule has 7 heteroatoms. The quantitative estimate of drug-likeness (QED) is 0.223. The maximum atomic E-state index is 12.2. The van der Waals surface area contributed by atoms with Gasteiger partial charge in [0.25, 0.3) is 5.91 Å². The number of hydroxylamine groups is 1. The number of nitrogens with two attached hydrogens (primary N) is 2. The molecule has 0 spiro atoms. The number of primary amides is 1. The van der Waals surface area contributed by atoms with Gasteiger partial charge >= 0.3 is 0 Å². The van der Waals surface area contributed by atoms with Crippen LogP contribution in [-0.2, 0) is 17.8 Å². The predicted octanol–water partition coefficient (Wildman–Crippen LogP) is 2.06. The molecule has 7 nitrogen and oxygen atoms in total. The minimum absolute atomic E-state index is 0.0826. The Bertz CT molecular complexity index is 1150. The fraction of sp³-hybridized carbons (Fsp3) is 0.185. The summed E-state index contributed by atoms with van der Waals surface area (Å²) in [7, 11) is 0. The molecule has 6 N–H and O–H groups in total. The standard InChI is InChI=1S/C27H28N4O3/c28-18-25(27(33)30-34)31(17-16-20-4-2-1-3-5-20)19-23-10-8-21(9-11-23)6-7-22-12-14-24(15-13-22)26(29)32/h1-5,8-15,25,34H,16-19,28H2,(H2,29,32)(H,30,33)/t25-/m0/s1. The molecule has 0 aromatic heterocycles. The van der Waals surface area contributed by atoms with Crippen LogP contribution in [-0.4, -0.2) is 41.1 Å². The van der Waals surface area contributed by atoms with E-state index in [4.69, 9.17) is 16.7 Å². The van der Waals surface area contributed by atoms with Gasteiger partial charge in [0.2, 0.25) is 5.91 Å². The molecule has 3 aromatic carbocycles. The number of rotatable bonds is 9. The number of nitrogens with one attached hydrogen (secondary N) is 1. The molecule has 0 radical (unpaired) electrons. The lowest BCUT2D eigenvalue weighted by atomic mass is 10.1. The molecule has 34 heavy (non-hydrogen) atoms. The molecule has 0 saturated carbocycles. The number of benzene rings is 3. The lowest BCUT2D eigenvalue weighted by Gasteiger charge is -2.29. The number of nitrogens with zero attached hydrogens (tertiary/aromatic N) is 1. The lowest BCUT2D eigenvalue weighted by Crippen LogP contribution is -2.50. The zero-order chi connectivity index (χ0) is 24.3. The monoisotopic (exact) mass is 456 g/mol. The zero-order valence-corrected chi connectivity index (χ0v) is 18.8. The molecular formula is C27H28N4O3. The van der Waals surface area contributed by atoms with E-state index >= 15 is 0 Å². The van der Waals surface area contributed by atoms with Crippen LogP contribution in [0.5, 0.6) is 0 Å². The van der Waals surface area contributed by atoms with Gasteiger partial charge in [0, 0.05) is 36.3 Å². The minimum atomic E-state index is -0.656. The molecule has 0 fully saturated rings. The van der Waals surface area contributed by atoms with Crippen molar-refractivity contribution in [2.45, 2.75) is 19.0 Å². The summed E-state index contributed by atoms with van der Waals surface area (Å²) >= 11 is 0. The van der Waals surface area contributed by atoms with Crippen LogP contribution in [0, 0.1) is 11.8 Å². The van der Waals surface area contributed by atoms with Crippen molar-refractivity contribution in [2.24, 2.45) is 11.5 Å². The maximum Gasteiger partial charge on any atom is 0.261 e. The number of hydrogen-bond acceptors (Lipinski definition) is 5. The van der Waals surface area contributed by atoms with Gasteiger partial charge < -0.3 is 11.5 Å². The Morgan fingerprint density at radius 3 is 2.00 bits per heavy atom. The third-order valence-electron chi connectivity index (χ3n) is 5.47. The molecule has 3 aromatic rings. The van der Waals surface area contributed by atoms with Crippen molar-refractivity contribution < 1.29 is 14.8 Å². The van der Waals surface area contributed by atoms with Crippen LogP contribution in [0.15, 0.2) is 78.9 Å². The van der Waals surface area contributed by atoms with E-state index in [1.54, 1.807) is 29.7 Å². The van der Waals surface area contributed by atoms with Crippen LogP contribution in [0.2, 0.25) is 0 Å². The van der Waals surface area contributed by atoms with Crippen molar-refractivity contribution in [1.29, 1.82) is 0 Å². The van der Waals surface area contributed by atoms with Crippen LogP contribution in [0.25, 0.3) is 0 Å². The van der Waals surface area contributed by atoms with E-state index in [0.29, 0.717) is 18.7 Å². The topological polar surface area (TPSA) is 122 Å². The number of hydrogen-bond donors (Lipinski definition) is 4. The molecule has 0 aliphatic heterocycles. The van der Waals surface area contributed by atoms with Crippen LogP contribution < -0.4 is 16.9 Å². The van der Waals surface area contributed by atoms with Gasteiger partial charge in [0.1, 0.15) is 6.04 Å². The summed E-state index contributed by atoms with van der Waals surface area (Å²) in [4.78, 5) is 25.3. The fourth-order valence-electron chi connectivity index (χ4n) is 3.55. The first-order chi connectivity index (χ1) is 16.5. The molecular weight excluding hydrogens is 428 g/mol. The van der Waals surface area contributed by atoms with E-state index in [2.05, 4.69) is 11.8 Å². The third kappa shape index (κ3) is 7.02. The van der Waals surface area contributed by atoms with Crippen molar-refractivity contribution in [1.82, 2.24) is 10.4 Å². The lowest BCUT2D eigenvalue weighted by molar-refractivity contribution is -0.134. The van der Waals surface area contributed by atoms with Crippen LogP contribution in [0.4, 0.5) is 0 Å². The summed E-state index contributed by atoms with van der Waals surface area (Å²) in [6, 6.07) is 23.9. The average Bonchev–Trinajstić information content (AvgIpc) is 2.87. The molecule has 0 bridgehead atoms.